The first-order chi connectivity index (χ1) is 9.50. The Morgan fingerprint density at radius 3 is 2.25 bits per heavy atom. The molecule has 0 aromatic heterocycles. The van der Waals surface area contributed by atoms with E-state index in [0.717, 1.165) is 19.3 Å². The molecule has 3 N–H and O–H groups in total. The quantitative estimate of drug-likeness (QED) is 0.752. The number of nitrogens with one attached hydrogen (secondary N) is 1. The maximum atomic E-state index is 12.4. The van der Waals surface area contributed by atoms with Crippen LogP contribution >= 0.6 is 0 Å². The van der Waals surface area contributed by atoms with Crippen LogP contribution in [0, 0.1) is 0 Å². The zero-order valence-corrected chi connectivity index (χ0v) is 13.0. The minimum Gasteiger partial charge on any atom is -0.494 e. The number of amides is 1. The Balaban J connectivity index is 2.97. The third-order valence-electron chi connectivity index (χ3n) is 3.91. The van der Waals surface area contributed by atoms with Crippen molar-refractivity contribution < 1.29 is 9.53 Å². The number of rotatable bonds is 7. The molecular formula is C16H26N2O2. The van der Waals surface area contributed by atoms with E-state index in [0.29, 0.717) is 23.6 Å². The number of carbonyl (C=O) groups excluding carboxylic acids is 1. The first-order valence-electron chi connectivity index (χ1n) is 7.36. The molecule has 20 heavy (non-hydrogen) atoms. The molecule has 1 amide bonds. The van der Waals surface area contributed by atoms with E-state index in [9.17, 15) is 4.79 Å². The van der Waals surface area contributed by atoms with E-state index in [1.165, 1.54) is 0 Å². The summed E-state index contributed by atoms with van der Waals surface area (Å²) in [5, 5.41) is 3.14. The van der Waals surface area contributed by atoms with E-state index in [-0.39, 0.29) is 11.4 Å². The lowest BCUT2D eigenvalue weighted by molar-refractivity contribution is 0.0888. The van der Waals surface area contributed by atoms with Gasteiger partial charge in [0.15, 0.2) is 0 Å². The summed E-state index contributed by atoms with van der Waals surface area (Å²) in [5.74, 6) is 0.538. The summed E-state index contributed by atoms with van der Waals surface area (Å²) in [7, 11) is 0. The molecule has 0 spiro atoms. The highest BCUT2D eigenvalue weighted by molar-refractivity contribution is 5.96. The van der Waals surface area contributed by atoms with Gasteiger partial charge in [0.1, 0.15) is 5.75 Å². The minimum atomic E-state index is -0.145. The fourth-order valence-electron chi connectivity index (χ4n) is 2.33. The number of anilines is 1. The summed E-state index contributed by atoms with van der Waals surface area (Å²) in [6.07, 6.45) is 2.73. The van der Waals surface area contributed by atoms with E-state index in [4.69, 9.17) is 10.5 Å². The van der Waals surface area contributed by atoms with Crippen molar-refractivity contribution in [3.8, 4) is 5.75 Å². The van der Waals surface area contributed by atoms with Crippen LogP contribution in [0.4, 0.5) is 5.69 Å². The van der Waals surface area contributed by atoms with Crippen LogP contribution in [0.5, 0.6) is 5.75 Å². The van der Waals surface area contributed by atoms with Gasteiger partial charge in [-0.25, -0.2) is 0 Å². The lowest BCUT2D eigenvalue weighted by Gasteiger charge is -2.31. The van der Waals surface area contributed by atoms with Crippen molar-refractivity contribution in [2.75, 3.05) is 12.3 Å². The fourth-order valence-corrected chi connectivity index (χ4v) is 2.33. The molecule has 112 valence electrons. The van der Waals surface area contributed by atoms with Crippen molar-refractivity contribution in [3.63, 3.8) is 0 Å². The highest BCUT2D eigenvalue weighted by atomic mass is 16.5. The smallest absolute Gasteiger partial charge is 0.251 e. The summed E-state index contributed by atoms with van der Waals surface area (Å²) in [6.45, 7) is 8.74. The molecule has 4 heteroatoms. The normalized spacial score (nSPS) is 11.2. The topological polar surface area (TPSA) is 64.3 Å². The molecule has 0 fully saturated rings. The number of nitrogens with two attached hydrogens (primary N) is 1. The molecule has 1 aromatic carbocycles. The molecule has 0 aliphatic heterocycles. The molecule has 1 aromatic rings. The Hall–Kier alpha value is -1.71. The van der Waals surface area contributed by atoms with Gasteiger partial charge in [0, 0.05) is 22.9 Å². The van der Waals surface area contributed by atoms with Crippen LogP contribution in [0.25, 0.3) is 0 Å². The van der Waals surface area contributed by atoms with Gasteiger partial charge in [-0.2, -0.15) is 0 Å². The van der Waals surface area contributed by atoms with Crippen LogP contribution in [0.15, 0.2) is 18.2 Å². The van der Waals surface area contributed by atoms with Gasteiger partial charge < -0.3 is 15.8 Å². The SMILES string of the molecule is CCOc1cc(N)cc(C(=O)NC(CC)(CC)CC)c1. The fraction of sp³-hybridized carbons (Fsp3) is 0.562. The lowest BCUT2D eigenvalue weighted by Crippen LogP contribution is -2.47. The number of ether oxygens (including phenoxy) is 1. The van der Waals surface area contributed by atoms with Crippen LogP contribution < -0.4 is 15.8 Å². The molecular weight excluding hydrogens is 252 g/mol. The third-order valence-corrected chi connectivity index (χ3v) is 3.91. The van der Waals surface area contributed by atoms with E-state index in [2.05, 4.69) is 26.1 Å². The van der Waals surface area contributed by atoms with Crippen molar-refractivity contribution >= 4 is 11.6 Å². The van der Waals surface area contributed by atoms with Crippen molar-refractivity contribution in [2.24, 2.45) is 0 Å². The van der Waals surface area contributed by atoms with Crippen molar-refractivity contribution in [1.29, 1.82) is 0 Å². The molecule has 0 unspecified atom stereocenters. The summed E-state index contributed by atoms with van der Waals surface area (Å²) >= 11 is 0. The maximum Gasteiger partial charge on any atom is 0.251 e. The predicted octanol–water partition coefficient (Wildman–Crippen LogP) is 3.37. The Morgan fingerprint density at radius 1 is 1.15 bits per heavy atom. The number of hydrogen-bond acceptors (Lipinski definition) is 3. The standard InChI is InChI=1S/C16H26N2O2/c1-5-16(6-2,7-3)18-15(19)12-9-13(17)11-14(10-12)20-8-4/h9-11H,5-8,17H2,1-4H3,(H,18,19). The molecule has 0 bridgehead atoms. The summed E-state index contributed by atoms with van der Waals surface area (Å²) < 4.78 is 5.43. The van der Waals surface area contributed by atoms with Crippen molar-refractivity contribution in [1.82, 2.24) is 5.32 Å². The Kier molecular flexibility index (Phi) is 5.86. The molecule has 0 saturated carbocycles. The third kappa shape index (κ3) is 3.89. The van der Waals surface area contributed by atoms with Gasteiger partial charge >= 0.3 is 0 Å². The molecule has 0 aliphatic carbocycles. The number of carbonyl (C=O) groups is 1. The highest BCUT2D eigenvalue weighted by Crippen LogP contribution is 2.23. The maximum absolute atomic E-state index is 12.4. The van der Waals surface area contributed by atoms with Crippen LogP contribution in [-0.4, -0.2) is 18.1 Å². The largest absolute Gasteiger partial charge is 0.494 e. The van der Waals surface area contributed by atoms with Gasteiger partial charge in [0.05, 0.1) is 6.61 Å². The number of hydrogen-bond donors (Lipinski definition) is 2. The molecule has 1 rings (SSSR count). The molecule has 0 atom stereocenters. The highest BCUT2D eigenvalue weighted by Gasteiger charge is 2.26. The van der Waals surface area contributed by atoms with Crippen LogP contribution in [0.3, 0.4) is 0 Å². The van der Waals surface area contributed by atoms with E-state index in [1.807, 2.05) is 6.92 Å². The molecule has 4 nitrogen and oxygen atoms in total. The summed E-state index contributed by atoms with van der Waals surface area (Å²) in [5.41, 5.74) is 6.77. The van der Waals surface area contributed by atoms with Gasteiger partial charge in [-0.3, -0.25) is 4.79 Å². The Labute approximate surface area is 121 Å². The Bertz CT molecular complexity index is 446. The Morgan fingerprint density at radius 2 is 1.75 bits per heavy atom. The van der Waals surface area contributed by atoms with Crippen LogP contribution in [0.1, 0.15) is 57.3 Å². The first-order valence-corrected chi connectivity index (χ1v) is 7.36. The average molecular weight is 278 g/mol. The molecule has 0 saturated heterocycles. The number of benzene rings is 1. The van der Waals surface area contributed by atoms with Crippen molar-refractivity contribution in [2.45, 2.75) is 52.5 Å². The van der Waals surface area contributed by atoms with Gasteiger partial charge in [-0.15, -0.1) is 0 Å². The average Bonchev–Trinajstić information content (AvgIpc) is 2.44. The van der Waals surface area contributed by atoms with Gasteiger partial charge in [0.2, 0.25) is 0 Å². The van der Waals surface area contributed by atoms with Crippen LogP contribution in [-0.2, 0) is 0 Å². The zero-order valence-electron chi connectivity index (χ0n) is 13.0. The van der Waals surface area contributed by atoms with Gasteiger partial charge in [-0.1, -0.05) is 20.8 Å². The van der Waals surface area contributed by atoms with E-state index < -0.39 is 0 Å². The molecule has 0 aliphatic rings. The van der Waals surface area contributed by atoms with E-state index in [1.54, 1.807) is 18.2 Å². The van der Waals surface area contributed by atoms with Crippen molar-refractivity contribution in [3.05, 3.63) is 23.8 Å². The molecule has 0 radical (unpaired) electrons. The predicted molar refractivity (Wildman–Crippen MR) is 83.1 cm³/mol. The van der Waals surface area contributed by atoms with Gasteiger partial charge in [-0.05, 0) is 38.3 Å². The second-order valence-corrected chi connectivity index (χ2v) is 5.02. The molecule has 0 heterocycles. The monoisotopic (exact) mass is 278 g/mol. The summed E-state index contributed by atoms with van der Waals surface area (Å²) in [6, 6.07) is 5.15. The lowest BCUT2D eigenvalue weighted by atomic mass is 9.89. The van der Waals surface area contributed by atoms with Gasteiger partial charge in [0.25, 0.3) is 5.91 Å². The zero-order chi connectivity index (χ0) is 15.2. The second kappa shape index (κ2) is 7.17. The second-order valence-electron chi connectivity index (χ2n) is 5.02. The number of nitrogen functional groups attached to an aromatic ring is 1. The first kappa shape index (κ1) is 16.3. The van der Waals surface area contributed by atoms with Crippen LogP contribution in [0.2, 0.25) is 0 Å². The van der Waals surface area contributed by atoms with E-state index >= 15 is 0 Å². The minimum absolute atomic E-state index is 0.0937. The summed E-state index contributed by atoms with van der Waals surface area (Å²) in [4.78, 5) is 12.4.